The van der Waals surface area contributed by atoms with Gasteiger partial charge in [0.05, 0.1) is 29.9 Å². The summed E-state index contributed by atoms with van der Waals surface area (Å²) in [7, 11) is 1.89. The van der Waals surface area contributed by atoms with Crippen molar-refractivity contribution in [3.63, 3.8) is 0 Å². The van der Waals surface area contributed by atoms with Gasteiger partial charge in [0.15, 0.2) is 5.49 Å². The van der Waals surface area contributed by atoms with Gasteiger partial charge in [-0.1, -0.05) is 20.8 Å². The highest BCUT2D eigenvalue weighted by molar-refractivity contribution is 5.97. The third-order valence-electron chi connectivity index (χ3n) is 6.61. The lowest BCUT2D eigenvalue weighted by Gasteiger charge is -2.21. The molecular formula is C26H34F3N3O4. The third-order valence-corrected chi connectivity index (χ3v) is 6.61. The Labute approximate surface area is 208 Å². The quantitative estimate of drug-likeness (QED) is 0.570. The molecule has 0 N–H and O–H groups in total. The van der Waals surface area contributed by atoms with Crippen LogP contribution in [0.2, 0.25) is 0 Å². The fourth-order valence-corrected chi connectivity index (χ4v) is 4.69. The van der Waals surface area contributed by atoms with Crippen molar-refractivity contribution in [2.75, 3.05) is 19.8 Å². The van der Waals surface area contributed by atoms with E-state index in [0.717, 1.165) is 43.5 Å². The second-order valence-electron chi connectivity index (χ2n) is 10.5. The number of aromatic nitrogens is 2. The van der Waals surface area contributed by atoms with Crippen molar-refractivity contribution in [3.05, 3.63) is 46.6 Å². The predicted molar refractivity (Wildman–Crippen MR) is 127 cm³/mol. The molecule has 36 heavy (non-hydrogen) atoms. The summed E-state index contributed by atoms with van der Waals surface area (Å²) in [5, 5.41) is 0. The van der Waals surface area contributed by atoms with Crippen LogP contribution in [0.3, 0.4) is 0 Å². The molecule has 3 heterocycles. The van der Waals surface area contributed by atoms with Gasteiger partial charge in [-0.2, -0.15) is 18.2 Å². The van der Waals surface area contributed by atoms with Crippen LogP contribution in [0.1, 0.15) is 68.1 Å². The van der Waals surface area contributed by atoms with Crippen molar-refractivity contribution in [2.45, 2.75) is 76.8 Å². The van der Waals surface area contributed by atoms with E-state index in [9.17, 15) is 18.0 Å². The highest BCUT2D eigenvalue weighted by atomic mass is 19.4. The summed E-state index contributed by atoms with van der Waals surface area (Å²) in [5.74, 6) is -0.736. The maximum absolute atomic E-state index is 13.5. The molecule has 2 aliphatic heterocycles. The standard InChI is InChI=1S/C26H34F3N3O4/c1-25(2,3)22-14-23(32(31(22)4)15-18-7-5-11-34-18)30-24(33)20-13-17(26(27,28)29)9-10-21(20)36-16-19-8-6-12-35-19/h9-10,13-14,18-19H,5-8,11-12,15-16H2,1-4H3/b30-23+/t18-,19+/m1/s1. The van der Waals surface area contributed by atoms with E-state index in [2.05, 4.69) is 4.99 Å². The minimum Gasteiger partial charge on any atom is -0.490 e. The Morgan fingerprint density at radius 3 is 2.33 bits per heavy atom. The van der Waals surface area contributed by atoms with E-state index in [-0.39, 0.29) is 35.5 Å². The molecule has 2 saturated heterocycles. The van der Waals surface area contributed by atoms with E-state index >= 15 is 0 Å². The lowest BCUT2D eigenvalue weighted by Crippen LogP contribution is -2.30. The molecule has 2 aliphatic rings. The number of hydrogen-bond acceptors (Lipinski definition) is 4. The molecule has 0 radical (unpaired) electrons. The van der Waals surface area contributed by atoms with Crippen molar-refractivity contribution in [3.8, 4) is 5.75 Å². The molecule has 10 heteroatoms. The summed E-state index contributed by atoms with van der Waals surface area (Å²) in [5.41, 5.74) is -0.0968. The summed E-state index contributed by atoms with van der Waals surface area (Å²) >= 11 is 0. The Hall–Kier alpha value is -2.59. The fraction of sp³-hybridized carbons (Fsp3) is 0.615. The van der Waals surface area contributed by atoms with Gasteiger partial charge < -0.3 is 14.2 Å². The Morgan fingerprint density at radius 1 is 1.08 bits per heavy atom. The summed E-state index contributed by atoms with van der Waals surface area (Å²) in [6.45, 7) is 8.10. The summed E-state index contributed by atoms with van der Waals surface area (Å²) in [6, 6.07) is 4.73. The lowest BCUT2D eigenvalue weighted by atomic mass is 9.92. The van der Waals surface area contributed by atoms with E-state index < -0.39 is 17.6 Å². The molecule has 0 saturated carbocycles. The summed E-state index contributed by atoms with van der Waals surface area (Å²) in [4.78, 5) is 17.7. The molecule has 2 aromatic rings. The highest BCUT2D eigenvalue weighted by Crippen LogP contribution is 2.33. The molecule has 198 valence electrons. The molecular weight excluding hydrogens is 475 g/mol. The van der Waals surface area contributed by atoms with Gasteiger partial charge in [-0.3, -0.25) is 14.2 Å². The first-order chi connectivity index (χ1) is 16.9. The predicted octanol–water partition coefficient (Wildman–Crippen LogP) is 4.62. The normalized spacial score (nSPS) is 21.4. The van der Waals surface area contributed by atoms with Crippen LogP contribution < -0.4 is 10.2 Å². The maximum atomic E-state index is 13.5. The highest BCUT2D eigenvalue weighted by Gasteiger charge is 2.32. The number of ether oxygens (including phenoxy) is 3. The van der Waals surface area contributed by atoms with Gasteiger partial charge >= 0.3 is 6.18 Å². The second-order valence-corrected chi connectivity index (χ2v) is 10.5. The number of halogens is 3. The van der Waals surface area contributed by atoms with Gasteiger partial charge in [0, 0.05) is 37.4 Å². The summed E-state index contributed by atoms with van der Waals surface area (Å²) in [6.07, 6.45) is -1.21. The van der Waals surface area contributed by atoms with Crippen LogP contribution in [0, 0.1) is 0 Å². The number of carbonyl (C=O) groups excluding carboxylic acids is 1. The van der Waals surface area contributed by atoms with E-state index in [1.54, 1.807) is 0 Å². The molecule has 7 nitrogen and oxygen atoms in total. The minimum absolute atomic E-state index is 0.0145. The van der Waals surface area contributed by atoms with Gasteiger partial charge in [-0.05, 0) is 43.9 Å². The molecule has 2 fully saturated rings. The zero-order chi connectivity index (χ0) is 26.1. The Morgan fingerprint density at radius 2 is 1.75 bits per heavy atom. The van der Waals surface area contributed by atoms with E-state index in [1.165, 1.54) is 6.07 Å². The van der Waals surface area contributed by atoms with Crippen LogP contribution in [-0.4, -0.2) is 47.3 Å². The lowest BCUT2D eigenvalue weighted by molar-refractivity contribution is -0.137. The van der Waals surface area contributed by atoms with Gasteiger partial charge in [0.2, 0.25) is 0 Å². The van der Waals surface area contributed by atoms with Crippen molar-refractivity contribution in [1.82, 2.24) is 9.36 Å². The van der Waals surface area contributed by atoms with Crippen LogP contribution in [0.4, 0.5) is 13.2 Å². The topological polar surface area (TPSA) is 67.0 Å². The first-order valence-electron chi connectivity index (χ1n) is 12.4. The third kappa shape index (κ3) is 6.03. The number of hydrogen-bond donors (Lipinski definition) is 0. The van der Waals surface area contributed by atoms with Gasteiger partial charge in [0.25, 0.3) is 5.91 Å². The number of alkyl halides is 3. The number of carbonyl (C=O) groups is 1. The zero-order valence-electron chi connectivity index (χ0n) is 21.2. The first kappa shape index (κ1) is 26.5. The molecule has 0 unspecified atom stereocenters. The number of amides is 1. The fourth-order valence-electron chi connectivity index (χ4n) is 4.69. The summed E-state index contributed by atoms with van der Waals surface area (Å²) < 4.78 is 61.3. The molecule has 1 aromatic carbocycles. The van der Waals surface area contributed by atoms with E-state index in [0.29, 0.717) is 25.2 Å². The molecule has 4 rings (SSSR count). The molecule has 1 aromatic heterocycles. The van der Waals surface area contributed by atoms with E-state index in [4.69, 9.17) is 14.2 Å². The first-order valence-corrected chi connectivity index (χ1v) is 12.4. The molecule has 2 atom stereocenters. The molecule has 1 amide bonds. The van der Waals surface area contributed by atoms with Crippen molar-refractivity contribution in [1.29, 1.82) is 0 Å². The van der Waals surface area contributed by atoms with Crippen molar-refractivity contribution < 1.29 is 32.2 Å². The maximum Gasteiger partial charge on any atom is 0.416 e. The zero-order valence-corrected chi connectivity index (χ0v) is 21.2. The minimum atomic E-state index is -4.60. The van der Waals surface area contributed by atoms with Crippen LogP contribution >= 0.6 is 0 Å². The number of benzene rings is 1. The van der Waals surface area contributed by atoms with Gasteiger partial charge in [0.1, 0.15) is 12.4 Å². The smallest absolute Gasteiger partial charge is 0.416 e. The SMILES string of the molecule is Cn1c(C(C)(C)C)c/c(=N\C(=O)c2cc(C(F)(F)F)ccc2OC[C@@H]2CCCO2)n1C[C@H]1CCCO1. The molecule has 0 spiro atoms. The average molecular weight is 510 g/mol. The van der Waals surface area contributed by atoms with Crippen LogP contribution in [0.15, 0.2) is 29.3 Å². The second kappa shape index (κ2) is 10.4. The monoisotopic (exact) mass is 509 g/mol. The van der Waals surface area contributed by atoms with Crippen LogP contribution in [0.25, 0.3) is 0 Å². The number of nitrogens with zero attached hydrogens (tertiary/aromatic N) is 3. The average Bonchev–Trinajstić information content (AvgIpc) is 3.55. The largest absolute Gasteiger partial charge is 0.490 e. The van der Waals surface area contributed by atoms with Crippen LogP contribution in [-0.2, 0) is 34.7 Å². The van der Waals surface area contributed by atoms with Crippen molar-refractivity contribution >= 4 is 5.91 Å². The van der Waals surface area contributed by atoms with Crippen LogP contribution in [0.5, 0.6) is 5.75 Å². The number of rotatable bonds is 6. The Balaban J connectivity index is 1.74. The van der Waals surface area contributed by atoms with Gasteiger partial charge in [-0.25, -0.2) is 0 Å². The van der Waals surface area contributed by atoms with Crippen molar-refractivity contribution in [2.24, 2.45) is 12.0 Å². The molecule has 0 aliphatic carbocycles. The van der Waals surface area contributed by atoms with Gasteiger partial charge in [-0.15, -0.1) is 0 Å². The Kier molecular flexibility index (Phi) is 7.66. The molecule has 0 bridgehead atoms. The van der Waals surface area contributed by atoms with E-state index in [1.807, 2.05) is 43.2 Å². The Bertz CT molecular complexity index is 1150.